The summed E-state index contributed by atoms with van der Waals surface area (Å²) in [4.78, 5) is 0. The number of para-hydroxylation sites is 1. The van der Waals surface area contributed by atoms with E-state index in [0.717, 1.165) is 12.0 Å². The molecule has 0 amide bonds. The first-order valence-electron chi connectivity index (χ1n) is 5.46. The number of rotatable bonds is 2. The molecule has 0 heterocycles. The second-order valence-electron chi connectivity index (χ2n) is 3.87. The lowest BCUT2D eigenvalue weighted by Crippen LogP contribution is -1.86. The lowest BCUT2D eigenvalue weighted by molar-refractivity contribution is 0.449. The number of benzene rings is 2. The quantitative estimate of drug-likeness (QED) is 0.743. The highest BCUT2D eigenvalue weighted by atomic mass is 16.3. The summed E-state index contributed by atoms with van der Waals surface area (Å²) in [6, 6.07) is 9.73. The van der Waals surface area contributed by atoms with Gasteiger partial charge in [0, 0.05) is 17.2 Å². The fourth-order valence-electron chi connectivity index (χ4n) is 1.84. The molecule has 2 aromatic rings. The van der Waals surface area contributed by atoms with Crippen LogP contribution in [-0.4, -0.2) is 15.3 Å². The molecular formula is C14H14O3. The van der Waals surface area contributed by atoms with Gasteiger partial charge in [-0.3, -0.25) is 0 Å². The Bertz CT molecular complexity index is 547. The molecule has 0 saturated carbocycles. The smallest absolute Gasteiger partial charge is 0.127 e. The number of phenolic OH excluding ortho intramolecular Hbond substituents is 3. The first-order chi connectivity index (χ1) is 8.13. The zero-order valence-corrected chi connectivity index (χ0v) is 9.51. The molecule has 17 heavy (non-hydrogen) atoms. The third-order valence-electron chi connectivity index (χ3n) is 2.77. The van der Waals surface area contributed by atoms with Gasteiger partial charge in [-0.05, 0) is 24.1 Å². The molecule has 0 aliphatic heterocycles. The summed E-state index contributed by atoms with van der Waals surface area (Å²) in [6.07, 6.45) is 0.721. The Labute approximate surface area is 99.6 Å². The van der Waals surface area contributed by atoms with Gasteiger partial charge in [0.1, 0.15) is 17.2 Å². The van der Waals surface area contributed by atoms with Crippen LogP contribution >= 0.6 is 0 Å². The van der Waals surface area contributed by atoms with Gasteiger partial charge in [-0.15, -0.1) is 0 Å². The van der Waals surface area contributed by atoms with Gasteiger partial charge in [0.2, 0.25) is 0 Å². The molecule has 2 aromatic carbocycles. The van der Waals surface area contributed by atoms with Crippen molar-refractivity contribution in [1.82, 2.24) is 0 Å². The van der Waals surface area contributed by atoms with Crippen LogP contribution in [0.4, 0.5) is 0 Å². The maximum atomic E-state index is 10.1. The van der Waals surface area contributed by atoms with Crippen molar-refractivity contribution in [2.45, 2.75) is 13.3 Å². The largest absolute Gasteiger partial charge is 0.508 e. The Balaban J connectivity index is 2.60. The van der Waals surface area contributed by atoms with Crippen molar-refractivity contribution in [3.63, 3.8) is 0 Å². The molecule has 88 valence electrons. The average Bonchev–Trinajstić information content (AvgIpc) is 2.30. The summed E-state index contributed by atoms with van der Waals surface area (Å²) in [6.45, 7) is 1.95. The maximum Gasteiger partial charge on any atom is 0.127 e. The minimum Gasteiger partial charge on any atom is -0.508 e. The molecule has 0 saturated heterocycles. The Hall–Kier alpha value is -2.16. The molecule has 0 unspecified atom stereocenters. The molecule has 0 bridgehead atoms. The summed E-state index contributed by atoms with van der Waals surface area (Å²) in [7, 11) is 0. The van der Waals surface area contributed by atoms with Crippen LogP contribution in [0.25, 0.3) is 11.1 Å². The highest BCUT2D eigenvalue weighted by Crippen LogP contribution is 2.38. The molecule has 2 rings (SSSR count). The fraction of sp³-hybridized carbons (Fsp3) is 0.143. The van der Waals surface area contributed by atoms with E-state index >= 15 is 0 Å². The van der Waals surface area contributed by atoms with E-state index in [2.05, 4.69) is 0 Å². The topological polar surface area (TPSA) is 60.7 Å². The molecule has 3 heteroatoms. The molecule has 0 atom stereocenters. The fourth-order valence-corrected chi connectivity index (χ4v) is 1.84. The van der Waals surface area contributed by atoms with Crippen LogP contribution in [0.3, 0.4) is 0 Å². The Morgan fingerprint density at radius 2 is 1.71 bits per heavy atom. The van der Waals surface area contributed by atoms with E-state index in [1.54, 1.807) is 12.1 Å². The number of hydrogen-bond donors (Lipinski definition) is 3. The van der Waals surface area contributed by atoms with Gasteiger partial charge >= 0.3 is 0 Å². The molecule has 0 aliphatic carbocycles. The minimum atomic E-state index is -0.0476. The van der Waals surface area contributed by atoms with Crippen LogP contribution < -0.4 is 0 Å². The second-order valence-corrected chi connectivity index (χ2v) is 3.87. The van der Waals surface area contributed by atoms with Crippen LogP contribution in [0, 0.1) is 0 Å². The van der Waals surface area contributed by atoms with E-state index in [1.165, 1.54) is 12.1 Å². The van der Waals surface area contributed by atoms with Crippen LogP contribution in [0.2, 0.25) is 0 Å². The van der Waals surface area contributed by atoms with Crippen molar-refractivity contribution >= 4 is 0 Å². The summed E-state index contributed by atoms with van der Waals surface area (Å²) >= 11 is 0. The van der Waals surface area contributed by atoms with Crippen molar-refractivity contribution in [3.8, 4) is 28.4 Å². The minimum absolute atomic E-state index is 0.00242. The number of phenols is 3. The van der Waals surface area contributed by atoms with E-state index in [0.29, 0.717) is 11.1 Å². The monoisotopic (exact) mass is 230 g/mol. The van der Waals surface area contributed by atoms with Crippen molar-refractivity contribution in [1.29, 1.82) is 0 Å². The summed E-state index contributed by atoms with van der Waals surface area (Å²) < 4.78 is 0. The second kappa shape index (κ2) is 4.37. The van der Waals surface area contributed by atoms with Gasteiger partial charge in [0.25, 0.3) is 0 Å². The first-order valence-corrected chi connectivity index (χ1v) is 5.46. The SMILES string of the molecule is CCc1cccc(-c2ccc(O)cc2O)c1O. The van der Waals surface area contributed by atoms with Gasteiger partial charge in [0.15, 0.2) is 0 Å². The highest BCUT2D eigenvalue weighted by molar-refractivity contribution is 5.77. The molecular weight excluding hydrogens is 216 g/mol. The van der Waals surface area contributed by atoms with Gasteiger partial charge in [-0.25, -0.2) is 0 Å². The van der Waals surface area contributed by atoms with Crippen LogP contribution in [-0.2, 0) is 6.42 Å². The summed E-state index contributed by atoms with van der Waals surface area (Å²) in [5, 5.41) is 29.1. The number of hydrogen-bond acceptors (Lipinski definition) is 3. The zero-order valence-electron chi connectivity index (χ0n) is 9.51. The van der Waals surface area contributed by atoms with Crippen LogP contribution in [0.5, 0.6) is 17.2 Å². The highest BCUT2D eigenvalue weighted by Gasteiger charge is 2.11. The molecule has 0 radical (unpaired) electrons. The van der Waals surface area contributed by atoms with Gasteiger partial charge in [-0.1, -0.05) is 25.1 Å². The van der Waals surface area contributed by atoms with Gasteiger partial charge < -0.3 is 15.3 Å². The molecule has 0 aliphatic rings. The Morgan fingerprint density at radius 1 is 0.941 bits per heavy atom. The van der Waals surface area contributed by atoms with E-state index in [9.17, 15) is 15.3 Å². The standard InChI is InChI=1S/C14H14O3/c1-2-9-4-3-5-12(14(9)17)11-7-6-10(15)8-13(11)16/h3-8,15-17H,2H2,1H3. The zero-order chi connectivity index (χ0) is 12.4. The van der Waals surface area contributed by atoms with Crippen LogP contribution in [0.15, 0.2) is 36.4 Å². The molecule has 0 spiro atoms. The first kappa shape index (κ1) is 11.3. The number of aromatic hydroxyl groups is 3. The Kier molecular flexibility index (Phi) is 2.91. The molecule has 3 N–H and O–H groups in total. The lowest BCUT2D eigenvalue weighted by Gasteiger charge is -2.10. The maximum absolute atomic E-state index is 10.1. The molecule has 0 aromatic heterocycles. The third-order valence-corrected chi connectivity index (χ3v) is 2.77. The van der Waals surface area contributed by atoms with E-state index in [1.807, 2.05) is 19.1 Å². The molecule has 0 fully saturated rings. The van der Waals surface area contributed by atoms with E-state index in [-0.39, 0.29) is 17.2 Å². The normalized spacial score (nSPS) is 10.4. The third kappa shape index (κ3) is 2.04. The average molecular weight is 230 g/mol. The number of aryl methyl sites for hydroxylation is 1. The van der Waals surface area contributed by atoms with E-state index in [4.69, 9.17) is 0 Å². The molecule has 3 nitrogen and oxygen atoms in total. The van der Waals surface area contributed by atoms with Crippen molar-refractivity contribution in [3.05, 3.63) is 42.0 Å². The summed E-state index contributed by atoms with van der Waals surface area (Å²) in [5.74, 6) is 0.127. The van der Waals surface area contributed by atoms with Crippen molar-refractivity contribution < 1.29 is 15.3 Å². The van der Waals surface area contributed by atoms with Gasteiger partial charge in [0.05, 0.1) is 0 Å². The predicted molar refractivity (Wildman–Crippen MR) is 66.3 cm³/mol. The van der Waals surface area contributed by atoms with E-state index < -0.39 is 0 Å². The lowest BCUT2D eigenvalue weighted by atomic mass is 9.99. The predicted octanol–water partition coefficient (Wildman–Crippen LogP) is 3.03. The van der Waals surface area contributed by atoms with Crippen LogP contribution in [0.1, 0.15) is 12.5 Å². The Morgan fingerprint density at radius 3 is 2.35 bits per heavy atom. The van der Waals surface area contributed by atoms with Crippen molar-refractivity contribution in [2.24, 2.45) is 0 Å². The summed E-state index contributed by atoms with van der Waals surface area (Å²) in [5.41, 5.74) is 1.91. The van der Waals surface area contributed by atoms with Gasteiger partial charge in [-0.2, -0.15) is 0 Å². The van der Waals surface area contributed by atoms with Crippen molar-refractivity contribution in [2.75, 3.05) is 0 Å².